The topological polar surface area (TPSA) is 76.9 Å². The first-order valence-corrected chi connectivity index (χ1v) is 8.28. The Hall–Kier alpha value is -2.29. The number of nitrogens with two attached hydrogens (primary N) is 1. The van der Waals surface area contributed by atoms with Gasteiger partial charge in [-0.25, -0.2) is 9.98 Å². The quantitative estimate of drug-likeness (QED) is 0.340. The molecule has 3 N–H and O–H groups in total. The summed E-state index contributed by atoms with van der Waals surface area (Å²) in [5.74, 6) is 1.18. The molecule has 0 spiro atoms. The lowest BCUT2D eigenvalue weighted by Gasteiger charge is -2.10. The van der Waals surface area contributed by atoms with Gasteiger partial charge in [0.15, 0.2) is 5.96 Å². The summed E-state index contributed by atoms with van der Waals surface area (Å²) >= 11 is 0. The zero-order valence-electron chi connectivity index (χ0n) is 15.1. The van der Waals surface area contributed by atoms with Crippen LogP contribution in [-0.4, -0.2) is 21.4 Å². The van der Waals surface area contributed by atoms with Crippen LogP contribution in [0.4, 0.5) is 5.69 Å². The molecular formula is C19H24IN5O. The van der Waals surface area contributed by atoms with Gasteiger partial charge in [0.1, 0.15) is 11.4 Å². The molecule has 138 valence electrons. The number of anilines is 1. The summed E-state index contributed by atoms with van der Waals surface area (Å²) in [6.07, 6.45) is 2.14. The number of hydrogen-bond acceptors (Lipinski definition) is 3. The molecule has 3 aromatic rings. The SMILES string of the molecule is Cc1cccc2nc(CN=C(N)Nc3ccc(OC(C)C)cc3)cn12.I. The van der Waals surface area contributed by atoms with Crippen molar-refractivity contribution in [3.05, 3.63) is 60.0 Å². The first kappa shape index (κ1) is 20.0. The van der Waals surface area contributed by atoms with Crippen LogP contribution < -0.4 is 15.8 Å². The lowest BCUT2D eigenvalue weighted by atomic mass is 10.3. The van der Waals surface area contributed by atoms with Crippen LogP contribution in [0.25, 0.3) is 5.65 Å². The summed E-state index contributed by atoms with van der Waals surface area (Å²) in [5.41, 5.74) is 9.76. The molecule has 0 aliphatic carbocycles. The van der Waals surface area contributed by atoms with Crippen LogP contribution in [0, 0.1) is 6.92 Å². The second-order valence-electron chi connectivity index (χ2n) is 6.15. The van der Waals surface area contributed by atoms with E-state index in [2.05, 4.69) is 15.3 Å². The van der Waals surface area contributed by atoms with Crippen LogP contribution in [-0.2, 0) is 6.54 Å². The average molecular weight is 465 g/mol. The standard InChI is InChI=1S/C19H23N5O.HI/c1-13(2)25-17-9-7-15(8-10-17)23-19(20)21-11-16-12-24-14(3)5-4-6-18(24)22-16;/h4-10,12-13H,11H2,1-3H3,(H3,20,21,23);1H. The van der Waals surface area contributed by atoms with Gasteiger partial charge in [0.05, 0.1) is 18.3 Å². The molecule has 1 aromatic carbocycles. The molecule has 0 atom stereocenters. The molecule has 0 aliphatic heterocycles. The van der Waals surface area contributed by atoms with E-state index in [1.165, 1.54) is 0 Å². The maximum absolute atomic E-state index is 5.97. The number of fused-ring (bicyclic) bond motifs is 1. The fraction of sp³-hybridized carbons (Fsp3) is 0.263. The van der Waals surface area contributed by atoms with Crippen LogP contribution in [0.1, 0.15) is 25.2 Å². The van der Waals surface area contributed by atoms with E-state index in [1.807, 2.05) is 73.8 Å². The third-order valence-electron chi connectivity index (χ3n) is 3.66. The number of rotatable bonds is 5. The summed E-state index contributed by atoms with van der Waals surface area (Å²) in [7, 11) is 0. The molecule has 26 heavy (non-hydrogen) atoms. The third kappa shape index (κ3) is 5.10. The van der Waals surface area contributed by atoms with Gasteiger partial charge in [0, 0.05) is 17.6 Å². The Kier molecular flexibility index (Phi) is 6.84. The highest BCUT2D eigenvalue weighted by atomic mass is 127. The molecular weight excluding hydrogens is 441 g/mol. The van der Waals surface area contributed by atoms with E-state index < -0.39 is 0 Å². The number of imidazole rings is 1. The van der Waals surface area contributed by atoms with Gasteiger partial charge >= 0.3 is 0 Å². The van der Waals surface area contributed by atoms with Crippen molar-refractivity contribution in [3.8, 4) is 5.75 Å². The predicted molar refractivity (Wildman–Crippen MR) is 116 cm³/mol. The van der Waals surface area contributed by atoms with Crippen molar-refractivity contribution in [2.75, 3.05) is 5.32 Å². The average Bonchev–Trinajstić information content (AvgIpc) is 2.99. The van der Waals surface area contributed by atoms with Gasteiger partial charge in [0.2, 0.25) is 0 Å². The molecule has 0 aliphatic rings. The van der Waals surface area contributed by atoms with Crippen LogP contribution in [0.5, 0.6) is 5.75 Å². The highest BCUT2D eigenvalue weighted by Crippen LogP contribution is 2.16. The Morgan fingerprint density at radius 2 is 1.96 bits per heavy atom. The number of halogens is 1. The van der Waals surface area contributed by atoms with Crippen LogP contribution in [0.15, 0.2) is 53.7 Å². The van der Waals surface area contributed by atoms with Gasteiger partial charge in [-0.2, -0.15) is 0 Å². The molecule has 3 rings (SSSR count). The number of nitrogens with one attached hydrogen (secondary N) is 1. The Bertz CT molecular complexity index is 887. The molecule has 7 heteroatoms. The Labute approximate surface area is 170 Å². The molecule has 0 unspecified atom stereocenters. The number of benzene rings is 1. The van der Waals surface area contributed by atoms with Crippen LogP contribution in [0.2, 0.25) is 0 Å². The first-order valence-electron chi connectivity index (χ1n) is 8.28. The fourth-order valence-corrected chi connectivity index (χ4v) is 2.52. The molecule has 2 heterocycles. The Morgan fingerprint density at radius 3 is 2.62 bits per heavy atom. The van der Waals surface area contributed by atoms with Gasteiger partial charge in [-0.05, 0) is 57.2 Å². The molecule has 2 aromatic heterocycles. The van der Waals surface area contributed by atoms with Crippen molar-refractivity contribution in [1.82, 2.24) is 9.38 Å². The number of pyridine rings is 1. The van der Waals surface area contributed by atoms with E-state index in [-0.39, 0.29) is 30.1 Å². The molecule has 6 nitrogen and oxygen atoms in total. The van der Waals surface area contributed by atoms with Crippen molar-refractivity contribution >= 4 is 41.3 Å². The highest BCUT2D eigenvalue weighted by Gasteiger charge is 2.03. The number of nitrogens with zero attached hydrogens (tertiary/aromatic N) is 3. The lowest BCUT2D eigenvalue weighted by Crippen LogP contribution is -2.22. The summed E-state index contributed by atoms with van der Waals surface area (Å²) in [6, 6.07) is 13.6. The number of aliphatic imine (C=N–C) groups is 1. The zero-order valence-corrected chi connectivity index (χ0v) is 17.5. The minimum Gasteiger partial charge on any atom is -0.491 e. The van der Waals surface area contributed by atoms with Crippen LogP contribution >= 0.6 is 24.0 Å². The number of guanidine groups is 1. The van der Waals surface area contributed by atoms with Gasteiger partial charge in [0.25, 0.3) is 0 Å². The number of aryl methyl sites for hydroxylation is 1. The Morgan fingerprint density at radius 1 is 1.23 bits per heavy atom. The fourth-order valence-electron chi connectivity index (χ4n) is 2.52. The van der Waals surface area contributed by atoms with E-state index in [0.29, 0.717) is 12.5 Å². The van der Waals surface area contributed by atoms with E-state index >= 15 is 0 Å². The minimum absolute atomic E-state index is 0. The van der Waals surface area contributed by atoms with E-state index in [4.69, 9.17) is 10.5 Å². The first-order chi connectivity index (χ1) is 12.0. The number of aromatic nitrogens is 2. The molecule has 0 saturated carbocycles. The minimum atomic E-state index is 0. The largest absolute Gasteiger partial charge is 0.491 e. The smallest absolute Gasteiger partial charge is 0.193 e. The van der Waals surface area contributed by atoms with Gasteiger partial charge in [-0.3, -0.25) is 0 Å². The Balaban J connectivity index is 0.00000243. The van der Waals surface area contributed by atoms with Crippen molar-refractivity contribution in [3.63, 3.8) is 0 Å². The number of hydrogen-bond donors (Lipinski definition) is 2. The maximum Gasteiger partial charge on any atom is 0.193 e. The van der Waals surface area contributed by atoms with Crippen molar-refractivity contribution in [2.24, 2.45) is 10.7 Å². The molecule has 0 radical (unpaired) electrons. The number of ether oxygens (including phenoxy) is 1. The van der Waals surface area contributed by atoms with E-state index in [1.54, 1.807) is 0 Å². The maximum atomic E-state index is 5.97. The second kappa shape index (κ2) is 8.88. The van der Waals surface area contributed by atoms with Gasteiger partial charge < -0.3 is 20.2 Å². The summed E-state index contributed by atoms with van der Waals surface area (Å²) in [4.78, 5) is 8.91. The second-order valence-corrected chi connectivity index (χ2v) is 6.15. The zero-order chi connectivity index (χ0) is 17.8. The summed E-state index contributed by atoms with van der Waals surface area (Å²) < 4.78 is 7.66. The summed E-state index contributed by atoms with van der Waals surface area (Å²) in [6.45, 7) is 6.47. The van der Waals surface area contributed by atoms with Crippen molar-refractivity contribution in [1.29, 1.82) is 0 Å². The normalized spacial score (nSPS) is 11.5. The highest BCUT2D eigenvalue weighted by molar-refractivity contribution is 14.0. The summed E-state index contributed by atoms with van der Waals surface area (Å²) in [5, 5.41) is 3.08. The lowest BCUT2D eigenvalue weighted by molar-refractivity contribution is 0.242. The van der Waals surface area contributed by atoms with E-state index in [0.717, 1.165) is 28.5 Å². The molecule has 0 bridgehead atoms. The molecule has 0 fully saturated rings. The molecule has 0 amide bonds. The van der Waals surface area contributed by atoms with Crippen molar-refractivity contribution < 1.29 is 4.74 Å². The van der Waals surface area contributed by atoms with Gasteiger partial charge in [-0.1, -0.05) is 6.07 Å². The van der Waals surface area contributed by atoms with Gasteiger partial charge in [-0.15, -0.1) is 24.0 Å². The monoisotopic (exact) mass is 465 g/mol. The third-order valence-corrected chi connectivity index (χ3v) is 3.66. The van der Waals surface area contributed by atoms with Crippen molar-refractivity contribution in [2.45, 2.75) is 33.4 Å². The molecule has 0 saturated heterocycles. The predicted octanol–water partition coefficient (Wildman–Crippen LogP) is 3.97. The van der Waals surface area contributed by atoms with Crippen LogP contribution in [0.3, 0.4) is 0 Å². The van der Waals surface area contributed by atoms with E-state index in [9.17, 15) is 0 Å².